The van der Waals surface area contributed by atoms with Gasteiger partial charge in [0, 0.05) is 6.42 Å². The van der Waals surface area contributed by atoms with Crippen LogP contribution < -0.4 is 5.11 Å². The van der Waals surface area contributed by atoms with E-state index in [2.05, 4.69) is 4.99 Å². The molecule has 8 heavy (non-hydrogen) atoms. The molecule has 1 rings (SSSR count). The summed E-state index contributed by atoms with van der Waals surface area (Å²) in [7, 11) is 0. The van der Waals surface area contributed by atoms with Crippen molar-refractivity contribution < 1.29 is 9.90 Å². The summed E-state index contributed by atoms with van der Waals surface area (Å²) in [6.45, 7) is 0. The van der Waals surface area contributed by atoms with E-state index in [0.717, 1.165) is 0 Å². The van der Waals surface area contributed by atoms with Crippen molar-refractivity contribution >= 4 is 11.8 Å². The molecule has 1 heterocycles. The molecule has 1 aliphatic rings. The van der Waals surface area contributed by atoms with Gasteiger partial charge in [0.2, 0.25) is 5.91 Å². The molecule has 3 nitrogen and oxygen atoms in total. The van der Waals surface area contributed by atoms with E-state index in [1.165, 1.54) is 0 Å². The summed E-state index contributed by atoms with van der Waals surface area (Å²) in [5.41, 5.74) is 0. The average molecular weight is 112 g/mol. The van der Waals surface area contributed by atoms with Crippen LogP contribution in [0.5, 0.6) is 0 Å². The molecule has 0 aromatic rings. The highest BCUT2D eigenvalue weighted by molar-refractivity contribution is 5.91. The molecule has 0 aromatic heterocycles. The first-order valence-corrected chi connectivity index (χ1v) is 2.56. The molecule has 44 valence electrons. The van der Waals surface area contributed by atoms with E-state index in [-0.39, 0.29) is 11.8 Å². The Kier molecular flexibility index (Phi) is 1.28. The standard InChI is InChI=1S/C5H7NO2/c7-4-2-1-3-5(8)6-4/h1-3H2,(H,6,7,8)/p-1. The monoisotopic (exact) mass is 112 g/mol. The van der Waals surface area contributed by atoms with Gasteiger partial charge in [0.1, 0.15) is 0 Å². The molecule has 0 aliphatic carbocycles. The number of nitrogens with zero attached hydrogens (tertiary/aromatic N) is 1. The fourth-order valence-electron chi connectivity index (χ4n) is 0.642. The van der Waals surface area contributed by atoms with Crippen molar-refractivity contribution in [3.63, 3.8) is 0 Å². The van der Waals surface area contributed by atoms with Crippen LogP contribution in [0.2, 0.25) is 0 Å². The lowest BCUT2D eigenvalue weighted by molar-refractivity contribution is -0.219. The van der Waals surface area contributed by atoms with Gasteiger partial charge in [-0.2, -0.15) is 0 Å². The summed E-state index contributed by atoms with van der Waals surface area (Å²) in [4.78, 5) is 13.5. The van der Waals surface area contributed by atoms with Crippen molar-refractivity contribution in [1.82, 2.24) is 0 Å². The van der Waals surface area contributed by atoms with Crippen LogP contribution in [-0.2, 0) is 4.79 Å². The fraction of sp³-hybridized carbons (Fsp3) is 0.600. The number of carbonyl (C=O) groups is 1. The predicted octanol–water partition coefficient (Wildman–Crippen LogP) is -0.544. The Bertz CT molecular complexity index is 139. The minimum absolute atomic E-state index is 0.263. The molecule has 0 bridgehead atoms. The second-order valence-electron chi connectivity index (χ2n) is 1.75. The van der Waals surface area contributed by atoms with Crippen LogP contribution in [0.3, 0.4) is 0 Å². The van der Waals surface area contributed by atoms with Crippen LogP contribution in [0.15, 0.2) is 4.99 Å². The lowest BCUT2D eigenvalue weighted by Gasteiger charge is -2.12. The Morgan fingerprint density at radius 1 is 1.50 bits per heavy atom. The first-order chi connectivity index (χ1) is 3.79. The molecule has 0 aromatic carbocycles. The van der Waals surface area contributed by atoms with E-state index < -0.39 is 0 Å². The maximum absolute atomic E-state index is 10.3. The lowest BCUT2D eigenvalue weighted by atomic mass is 10.2. The summed E-state index contributed by atoms with van der Waals surface area (Å²) in [5.74, 6) is -0.525. The summed E-state index contributed by atoms with van der Waals surface area (Å²) in [5, 5.41) is 10.3. The molecule has 0 fully saturated rings. The molecule has 1 aliphatic heterocycles. The third-order valence-corrected chi connectivity index (χ3v) is 1.03. The fourth-order valence-corrected chi connectivity index (χ4v) is 0.642. The van der Waals surface area contributed by atoms with Crippen molar-refractivity contribution in [1.29, 1.82) is 0 Å². The summed E-state index contributed by atoms with van der Waals surface area (Å²) >= 11 is 0. The van der Waals surface area contributed by atoms with Gasteiger partial charge in [0.25, 0.3) is 0 Å². The zero-order valence-electron chi connectivity index (χ0n) is 4.39. The van der Waals surface area contributed by atoms with E-state index >= 15 is 0 Å². The van der Waals surface area contributed by atoms with Crippen LogP contribution in [-0.4, -0.2) is 11.8 Å². The SMILES string of the molecule is O=C1CCCC([O-])=N1. The van der Waals surface area contributed by atoms with Gasteiger partial charge in [-0.15, -0.1) is 0 Å². The van der Waals surface area contributed by atoms with Crippen molar-refractivity contribution in [3.05, 3.63) is 0 Å². The maximum Gasteiger partial charge on any atom is 0.244 e. The third-order valence-electron chi connectivity index (χ3n) is 1.03. The van der Waals surface area contributed by atoms with Gasteiger partial charge < -0.3 is 5.11 Å². The molecular weight excluding hydrogens is 106 g/mol. The van der Waals surface area contributed by atoms with E-state index in [1.807, 2.05) is 0 Å². The number of rotatable bonds is 0. The molecule has 0 unspecified atom stereocenters. The van der Waals surface area contributed by atoms with E-state index in [0.29, 0.717) is 19.3 Å². The minimum Gasteiger partial charge on any atom is -0.862 e. The smallest absolute Gasteiger partial charge is 0.244 e. The Morgan fingerprint density at radius 2 is 2.25 bits per heavy atom. The van der Waals surface area contributed by atoms with Crippen LogP contribution >= 0.6 is 0 Å². The molecule has 0 spiro atoms. The van der Waals surface area contributed by atoms with Crippen LogP contribution in [0.4, 0.5) is 0 Å². The van der Waals surface area contributed by atoms with E-state index in [1.54, 1.807) is 0 Å². The van der Waals surface area contributed by atoms with Crippen LogP contribution in [0.1, 0.15) is 19.3 Å². The second kappa shape index (κ2) is 1.94. The van der Waals surface area contributed by atoms with E-state index in [4.69, 9.17) is 0 Å². The minimum atomic E-state index is -0.263. The molecule has 0 saturated carbocycles. The molecule has 0 saturated heterocycles. The van der Waals surface area contributed by atoms with Gasteiger partial charge in [-0.1, -0.05) is 0 Å². The first-order valence-electron chi connectivity index (χ1n) is 2.56. The highest BCUT2D eigenvalue weighted by Crippen LogP contribution is 2.03. The highest BCUT2D eigenvalue weighted by atomic mass is 16.3. The van der Waals surface area contributed by atoms with Crippen molar-refractivity contribution in [2.75, 3.05) is 0 Å². The van der Waals surface area contributed by atoms with Gasteiger partial charge in [-0.25, -0.2) is 4.99 Å². The third kappa shape index (κ3) is 1.05. The Labute approximate surface area is 47.0 Å². The van der Waals surface area contributed by atoms with Crippen molar-refractivity contribution in [2.45, 2.75) is 19.3 Å². The average Bonchev–Trinajstić information content (AvgIpc) is 1.64. The topological polar surface area (TPSA) is 52.5 Å². The van der Waals surface area contributed by atoms with Gasteiger partial charge in [0.15, 0.2) is 0 Å². The summed E-state index contributed by atoms with van der Waals surface area (Å²) in [6.07, 6.45) is 1.58. The number of hydrogen-bond donors (Lipinski definition) is 0. The number of aliphatic imine (C=N–C) groups is 1. The predicted molar refractivity (Wildman–Crippen MR) is 26.3 cm³/mol. The Balaban J connectivity index is 2.64. The lowest BCUT2D eigenvalue weighted by Crippen LogP contribution is -2.22. The van der Waals surface area contributed by atoms with Crippen molar-refractivity contribution in [3.8, 4) is 0 Å². The second-order valence-corrected chi connectivity index (χ2v) is 1.75. The first kappa shape index (κ1) is 5.28. The summed E-state index contributed by atoms with van der Waals surface area (Å²) < 4.78 is 0. The van der Waals surface area contributed by atoms with Crippen LogP contribution in [0.25, 0.3) is 0 Å². The van der Waals surface area contributed by atoms with Gasteiger partial charge >= 0.3 is 0 Å². The Morgan fingerprint density at radius 3 is 2.62 bits per heavy atom. The van der Waals surface area contributed by atoms with Crippen LogP contribution in [0, 0.1) is 0 Å². The zero-order valence-corrected chi connectivity index (χ0v) is 4.39. The van der Waals surface area contributed by atoms with Gasteiger partial charge in [0.05, 0.1) is 0 Å². The quantitative estimate of drug-likeness (QED) is 0.422. The molecular formula is C5H6NO2-. The molecule has 3 heteroatoms. The van der Waals surface area contributed by atoms with Gasteiger partial charge in [-0.05, 0) is 18.7 Å². The molecule has 0 radical (unpaired) electrons. The largest absolute Gasteiger partial charge is 0.862 e. The molecule has 1 amide bonds. The van der Waals surface area contributed by atoms with Crippen molar-refractivity contribution in [2.24, 2.45) is 4.99 Å². The van der Waals surface area contributed by atoms with Gasteiger partial charge in [-0.3, -0.25) is 4.79 Å². The number of amides is 1. The zero-order chi connectivity index (χ0) is 5.98. The molecule has 0 N–H and O–H groups in total. The summed E-state index contributed by atoms with van der Waals surface area (Å²) in [6, 6.07) is 0. The number of carbonyl (C=O) groups excluding carboxylic acids is 1. The normalized spacial score (nSPS) is 20.5. The Hall–Kier alpha value is -0.860. The molecule has 0 atom stereocenters. The maximum atomic E-state index is 10.3. The highest BCUT2D eigenvalue weighted by Gasteiger charge is 2.03. The number of hydrogen-bond acceptors (Lipinski definition) is 2. The van der Waals surface area contributed by atoms with E-state index in [9.17, 15) is 9.90 Å².